The first-order valence-corrected chi connectivity index (χ1v) is 12.4. The van der Waals surface area contributed by atoms with Crippen molar-refractivity contribution in [1.29, 1.82) is 0 Å². The molecule has 1 saturated heterocycles. The molecule has 0 bridgehead atoms. The van der Waals surface area contributed by atoms with Gasteiger partial charge in [-0.2, -0.15) is 0 Å². The zero-order valence-electron chi connectivity index (χ0n) is 19.8. The second-order valence-corrected chi connectivity index (χ2v) is 9.37. The lowest BCUT2D eigenvalue weighted by Crippen LogP contribution is -2.50. The van der Waals surface area contributed by atoms with E-state index in [2.05, 4.69) is 4.90 Å². The Bertz CT molecular complexity index is 1210. The molecule has 1 amide bonds. The SMILES string of the molecule is CC(C(=O)N1CCCc2c1c(=O)oc1ccc(OCc3ccccc3)cc21)N1CCCCCC1. The molecule has 0 saturated carbocycles. The van der Waals surface area contributed by atoms with E-state index in [4.69, 9.17) is 9.15 Å². The van der Waals surface area contributed by atoms with Crippen LogP contribution in [0.5, 0.6) is 5.75 Å². The van der Waals surface area contributed by atoms with Crippen molar-refractivity contribution in [3.63, 3.8) is 0 Å². The van der Waals surface area contributed by atoms with E-state index >= 15 is 0 Å². The molecule has 34 heavy (non-hydrogen) atoms. The Morgan fingerprint density at radius 2 is 1.76 bits per heavy atom. The first kappa shape index (κ1) is 22.7. The highest BCUT2D eigenvalue weighted by atomic mass is 16.5. The van der Waals surface area contributed by atoms with E-state index in [0.717, 1.165) is 55.3 Å². The summed E-state index contributed by atoms with van der Waals surface area (Å²) in [4.78, 5) is 30.5. The minimum Gasteiger partial charge on any atom is -0.489 e. The number of ether oxygens (including phenoxy) is 1. The van der Waals surface area contributed by atoms with E-state index in [1.807, 2.05) is 49.4 Å². The average molecular weight is 461 g/mol. The molecule has 0 aliphatic carbocycles. The number of amides is 1. The molecular weight excluding hydrogens is 428 g/mol. The van der Waals surface area contributed by atoms with Crippen LogP contribution < -0.4 is 15.3 Å². The van der Waals surface area contributed by atoms with Gasteiger partial charge in [0.05, 0.1) is 6.04 Å². The lowest BCUT2D eigenvalue weighted by atomic mass is 9.98. The van der Waals surface area contributed by atoms with Crippen LogP contribution in [0.25, 0.3) is 11.0 Å². The van der Waals surface area contributed by atoms with E-state index in [1.54, 1.807) is 11.0 Å². The minimum atomic E-state index is -0.434. The van der Waals surface area contributed by atoms with E-state index in [0.29, 0.717) is 30.2 Å². The quantitative estimate of drug-likeness (QED) is 0.506. The molecule has 6 heteroatoms. The number of benzene rings is 2. The highest BCUT2D eigenvalue weighted by molar-refractivity contribution is 6.00. The Labute approximate surface area is 200 Å². The molecule has 3 aromatic rings. The van der Waals surface area contributed by atoms with E-state index in [-0.39, 0.29) is 11.9 Å². The summed E-state index contributed by atoms with van der Waals surface area (Å²) in [6.07, 6.45) is 6.22. The molecule has 1 unspecified atom stereocenters. The third kappa shape index (κ3) is 4.60. The Kier molecular flexibility index (Phi) is 6.68. The number of carbonyl (C=O) groups excluding carboxylic acids is 1. The van der Waals surface area contributed by atoms with Gasteiger partial charge in [0, 0.05) is 11.9 Å². The molecule has 2 aliphatic rings. The zero-order chi connectivity index (χ0) is 23.5. The molecule has 2 aromatic carbocycles. The topological polar surface area (TPSA) is 63.0 Å². The van der Waals surface area contributed by atoms with Crippen LogP contribution >= 0.6 is 0 Å². The van der Waals surface area contributed by atoms with E-state index < -0.39 is 5.63 Å². The Morgan fingerprint density at radius 3 is 2.53 bits per heavy atom. The zero-order valence-corrected chi connectivity index (χ0v) is 19.8. The van der Waals surface area contributed by atoms with Crippen LogP contribution in [-0.4, -0.2) is 36.5 Å². The largest absolute Gasteiger partial charge is 0.489 e. The number of likely N-dealkylation sites (tertiary alicyclic amines) is 1. The van der Waals surface area contributed by atoms with Gasteiger partial charge in [0.2, 0.25) is 5.91 Å². The predicted molar refractivity (Wildman–Crippen MR) is 133 cm³/mol. The van der Waals surface area contributed by atoms with Crippen LogP contribution in [0.3, 0.4) is 0 Å². The maximum atomic E-state index is 13.6. The number of rotatable bonds is 5. The first-order chi connectivity index (χ1) is 16.6. The normalized spacial score (nSPS) is 17.7. The van der Waals surface area contributed by atoms with Gasteiger partial charge >= 0.3 is 5.63 Å². The Morgan fingerprint density at radius 1 is 1.00 bits per heavy atom. The molecule has 5 rings (SSSR count). The summed E-state index contributed by atoms with van der Waals surface area (Å²) in [5, 5.41) is 0.847. The molecule has 3 heterocycles. The van der Waals surface area contributed by atoms with Gasteiger partial charge in [0.25, 0.3) is 0 Å². The maximum absolute atomic E-state index is 13.6. The van der Waals surface area contributed by atoms with Crippen molar-refractivity contribution >= 4 is 22.6 Å². The lowest BCUT2D eigenvalue weighted by Gasteiger charge is -2.34. The van der Waals surface area contributed by atoms with Crippen molar-refractivity contribution in [2.24, 2.45) is 0 Å². The summed E-state index contributed by atoms with van der Waals surface area (Å²) in [7, 11) is 0. The number of carbonyl (C=O) groups is 1. The third-order valence-corrected chi connectivity index (χ3v) is 7.10. The van der Waals surface area contributed by atoms with Gasteiger partial charge in [0.1, 0.15) is 23.6 Å². The van der Waals surface area contributed by atoms with Crippen molar-refractivity contribution in [3.05, 3.63) is 70.1 Å². The van der Waals surface area contributed by atoms with Crippen LogP contribution in [0.4, 0.5) is 5.69 Å². The van der Waals surface area contributed by atoms with Crippen LogP contribution in [0.1, 0.15) is 50.2 Å². The summed E-state index contributed by atoms with van der Waals surface area (Å²) >= 11 is 0. The number of nitrogens with zero attached hydrogens (tertiary/aromatic N) is 2. The summed E-state index contributed by atoms with van der Waals surface area (Å²) in [5.74, 6) is 0.708. The predicted octanol–water partition coefficient (Wildman–Crippen LogP) is 4.92. The average Bonchev–Trinajstić information content (AvgIpc) is 3.17. The van der Waals surface area contributed by atoms with Crippen LogP contribution in [0.2, 0.25) is 0 Å². The monoisotopic (exact) mass is 460 g/mol. The fourth-order valence-electron chi connectivity index (χ4n) is 5.20. The third-order valence-electron chi connectivity index (χ3n) is 7.10. The van der Waals surface area contributed by atoms with Gasteiger partial charge in [-0.1, -0.05) is 43.2 Å². The fraction of sp³-hybridized carbons (Fsp3) is 0.429. The molecule has 178 valence electrons. The number of fused-ring (bicyclic) bond motifs is 3. The van der Waals surface area contributed by atoms with Crippen LogP contribution in [0.15, 0.2) is 57.7 Å². The lowest BCUT2D eigenvalue weighted by molar-refractivity contribution is -0.123. The van der Waals surface area contributed by atoms with E-state index in [1.165, 1.54) is 12.8 Å². The number of hydrogen-bond donors (Lipinski definition) is 0. The van der Waals surface area contributed by atoms with Crippen LogP contribution in [0, 0.1) is 0 Å². The van der Waals surface area contributed by atoms with Gasteiger partial charge in [-0.05, 0) is 75.0 Å². The van der Waals surface area contributed by atoms with Crippen molar-refractivity contribution in [3.8, 4) is 5.75 Å². The highest BCUT2D eigenvalue weighted by Gasteiger charge is 2.33. The smallest absolute Gasteiger partial charge is 0.360 e. The highest BCUT2D eigenvalue weighted by Crippen LogP contribution is 2.33. The first-order valence-electron chi connectivity index (χ1n) is 12.4. The summed E-state index contributed by atoms with van der Waals surface area (Å²) in [5.41, 5.74) is 2.48. The number of hydrogen-bond acceptors (Lipinski definition) is 5. The molecule has 0 radical (unpaired) electrons. The fourth-order valence-corrected chi connectivity index (χ4v) is 5.20. The van der Waals surface area contributed by atoms with Crippen molar-refractivity contribution in [2.45, 2.75) is 58.1 Å². The van der Waals surface area contributed by atoms with Crippen molar-refractivity contribution in [2.75, 3.05) is 24.5 Å². The molecule has 1 atom stereocenters. The summed E-state index contributed by atoms with van der Waals surface area (Å²) in [6.45, 7) is 4.85. The van der Waals surface area contributed by atoms with Crippen molar-refractivity contribution in [1.82, 2.24) is 4.90 Å². The van der Waals surface area contributed by atoms with E-state index in [9.17, 15) is 9.59 Å². The minimum absolute atomic E-state index is 0.00835. The maximum Gasteiger partial charge on any atom is 0.360 e. The molecular formula is C28H32N2O4. The van der Waals surface area contributed by atoms with Crippen molar-refractivity contribution < 1.29 is 13.9 Å². The number of anilines is 1. The molecule has 1 aromatic heterocycles. The molecule has 0 N–H and O–H groups in total. The second-order valence-electron chi connectivity index (χ2n) is 9.37. The second kappa shape index (κ2) is 10.0. The van der Waals surface area contributed by atoms with Gasteiger partial charge in [0.15, 0.2) is 0 Å². The number of aryl methyl sites for hydroxylation is 1. The Hall–Kier alpha value is -3.12. The standard InChI is InChI=1S/C28H32N2O4/c1-20(29-15-7-2-3-8-16-29)27(31)30-17-9-12-23-24-18-22(33-19-21-10-5-4-6-11-21)13-14-25(24)34-28(32)26(23)30/h4-6,10-11,13-14,18,20H,2-3,7-9,12,15-17,19H2,1H3. The van der Waals surface area contributed by atoms with Gasteiger partial charge < -0.3 is 14.1 Å². The molecule has 6 nitrogen and oxygen atoms in total. The molecule has 0 spiro atoms. The summed E-state index contributed by atoms with van der Waals surface area (Å²) < 4.78 is 11.7. The molecule has 2 aliphatic heterocycles. The summed E-state index contributed by atoms with van der Waals surface area (Å²) in [6, 6.07) is 15.3. The Balaban J connectivity index is 1.45. The van der Waals surface area contributed by atoms with Gasteiger partial charge in [-0.15, -0.1) is 0 Å². The molecule has 1 fully saturated rings. The van der Waals surface area contributed by atoms with Crippen LogP contribution in [-0.2, 0) is 17.8 Å². The van der Waals surface area contributed by atoms with Gasteiger partial charge in [-0.3, -0.25) is 9.69 Å². The van der Waals surface area contributed by atoms with Gasteiger partial charge in [-0.25, -0.2) is 4.79 Å².